The molecule has 4 rings (SSSR count). The molecular formula is C19H18F2N4O4S2. The normalized spacial score (nSPS) is 14.6. The molecule has 0 atom stereocenters. The van der Waals surface area contributed by atoms with Crippen molar-refractivity contribution in [2.75, 3.05) is 17.8 Å². The molecule has 8 nitrogen and oxygen atoms in total. The highest BCUT2D eigenvalue weighted by Gasteiger charge is 2.27. The van der Waals surface area contributed by atoms with Crippen LogP contribution in [0.2, 0.25) is 0 Å². The molecule has 2 aromatic heterocycles. The summed E-state index contributed by atoms with van der Waals surface area (Å²) in [6.45, 7) is 2.82. The summed E-state index contributed by atoms with van der Waals surface area (Å²) in [4.78, 5) is 14.8. The third-order valence-electron chi connectivity index (χ3n) is 4.80. The van der Waals surface area contributed by atoms with Crippen molar-refractivity contribution in [1.29, 1.82) is 0 Å². The molecule has 1 fully saturated rings. The standard InChI is InChI=1S/C19H18F2N4O4S2/c1-11-16(31(27,28)24-14-6-5-12(20)9-13(14)21)10-15(30-11)17-22-23-18(29-17)19(26)25-7-3-2-4-8-25/h5-6,9-10,24H,2-4,7-8H2,1H3. The largest absolute Gasteiger partial charge is 0.411 e. The van der Waals surface area contributed by atoms with Crippen molar-refractivity contribution in [1.82, 2.24) is 15.1 Å². The van der Waals surface area contributed by atoms with Gasteiger partial charge in [0.2, 0.25) is 0 Å². The third-order valence-corrected chi connectivity index (χ3v) is 7.46. The van der Waals surface area contributed by atoms with Gasteiger partial charge in [-0.1, -0.05) is 0 Å². The number of amides is 1. The molecule has 0 unspecified atom stereocenters. The predicted octanol–water partition coefficient (Wildman–Crippen LogP) is 3.81. The van der Waals surface area contributed by atoms with E-state index in [1.54, 1.807) is 11.8 Å². The van der Waals surface area contributed by atoms with Gasteiger partial charge in [0.05, 0.1) is 10.6 Å². The van der Waals surface area contributed by atoms with Crippen LogP contribution in [-0.2, 0) is 10.0 Å². The zero-order valence-electron chi connectivity index (χ0n) is 16.4. The van der Waals surface area contributed by atoms with E-state index in [9.17, 15) is 22.0 Å². The van der Waals surface area contributed by atoms with E-state index in [0.29, 0.717) is 28.9 Å². The number of likely N-dealkylation sites (tertiary alicyclic amines) is 1. The maximum Gasteiger partial charge on any atom is 0.311 e. The third kappa shape index (κ3) is 4.44. The highest BCUT2D eigenvalue weighted by atomic mass is 32.2. The van der Waals surface area contributed by atoms with Gasteiger partial charge in [-0.25, -0.2) is 17.2 Å². The Bertz CT molecular complexity index is 1230. The number of anilines is 1. The van der Waals surface area contributed by atoms with Gasteiger partial charge < -0.3 is 9.32 Å². The van der Waals surface area contributed by atoms with Crippen molar-refractivity contribution in [2.45, 2.75) is 31.1 Å². The number of sulfonamides is 1. The van der Waals surface area contributed by atoms with Gasteiger partial charge in [-0.15, -0.1) is 21.5 Å². The van der Waals surface area contributed by atoms with Gasteiger partial charge in [-0.2, -0.15) is 0 Å². The number of piperidine rings is 1. The summed E-state index contributed by atoms with van der Waals surface area (Å²) in [5, 5.41) is 7.68. The molecule has 12 heteroatoms. The van der Waals surface area contributed by atoms with E-state index in [1.165, 1.54) is 6.07 Å². The van der Waals surface area contributed by atoms with Gasteiger partial charge in [0, 0.05) is 24.0 Å². The smallest absolute Gasteiger partial charge is 0.311 e. The number of rotatable bonds is 5. The molecule has 1 aliphatic heterocycles. The molecule has 1 saturated heterocycles. The Morgan fingerprint density at radius 2 is 1.90 bits per heavy atom. The number of thiophene rings is 1. The number of aryl methyl sites for hydroxylation is 1. The lowest BCUT2D eigenvalue weighted by atomic mass is 10.1. The van der Waals surface area contributed by atoms with Crippen LogP contribution in [0.5, 0.6) is 0 Å². The Morgan fingerprint density at radius 1 is 1.16 bits per heavy atom. The van der Waals surface area contributed by atoms with Crippen LogP contribution in [0.1, 0.15) is 34.8 Å². The fourth-order valence-corrected chi connectivity index (χ4v) is 5.83. The number of carbonyl (C=O) groups excluding carboxylic acids is 1. The number of benzene rings is 1. The number of hydrogen-bond donors (Lipinski definition) is 1. The summed E-state index contributed by atoms with van der Waals surface area (Å²) >= 11 is 1.08. The Morgan fingerprint density at radius 3 is 2.61 bits per heavy atom. The number of carbonyl (C=O) groups is 1. The van der Waals surface area contributed by atoms with Crippen molar-refractivity contribution < 1.29 is 26.4 Å². The van der Waals surface area contributed by atoms with Crippen LogP contribution in [0.15, 0.2) is 33.6 Å². The summed E-state index contributed by atoms with van der Waals surface area (Å²) in [6, 6.07) is 3.85. The molecule has 164 valence electrons. The first-order valence-electron chi connectivity index (χ1n) is 9.46. The van der Waals surface area contributed by atoms with Crippen molar-refractivity contribution in [2.24, 2.45) is 0 Å². The first-order chi connectivity index (χ1) is 14.7. The summed E-state index contributed by atoms with van der Waals surface area (Å²) in [6.07, 6.45) is 2.90. The highest BCUT2D eigenvalue weighted by Crippen LogP contribution is 2.34. The highest BCUT2D eigenvalue weighted by molar-refractivity contribution is 7.93. The van der Waals surface area contributed by atoms with Gasteiger partial charge in [-0.05, 0) is 44.4 Å². The number of aromatic nitrogens is 2. The first kappa shape index (κ1) is 21.4. The van der Waals surface area contributed by atoms with Crippen LogP contribution in [0.3, 0.4) is 0 Å². The molecule has 0 radical (unpaired) electrons. The number of hydrogen-bond acceptors (Lipinski definition) is 7. The quantitative estimate of drug-likeness (QED) is 0.611. The van der Waals surface area contributed by atoms with E-state index in [0.717, 1.165) is 42.7 Å². The van der Waals surface area contributed by atoms with E-state index >= 15 is 0 Å². The minimum absolute atomic E-state index is 0.0165. The molecule has 1 amide bonds. The molecule has 0 spiro atoms. The number of nitrogens with zero attached hydrogens (tertiary/aromatic N) is 3. The second kappa shape index (κ2) is 8.35. The molecule has 31 heavy (non-hydrogen) atoms. The fourth-order valence-electron chi connectivity index (χ4n) is 3.25. The molecule has 0 bridgehead atoms. The maximum absolute atomic E-state index is 13.9. The molecule has 1 aliphatic rings. The van der Waals surface area contributed by atoms with E-state index in [4.69, 9.17) is 4.42 Å². The lowest BCUT2D eigenvalue weighted by Gasteiger charge is -2.24. The zero-order valence-corrected chi connectivity index (χ0v) is 18.0. The number of nitrogens with one attached hydrogen (secondary N) is 1. The predicted molar refractivity (Wildman–Crippen MR) is 109 cm³/mol. The van der Waals surface area contributed by atoms with Crippen LogP contribution in [0, 0.1) is 18.6 Å². The van der Waals surface area contributed by atoms with Crippen LogP contribution in [0.4, 0.5) is 14.5 Å². The molecule has 1 aromatic carbocycles. The van der Waals surface area contributed by atoms with Gasteiger partial charge in [0.25, 0.3) is 15.9 Å². The summed E-state index contributed by atoms with van der Waals surface area (Å²) in [7, 11) is -4.16. The van der Waals surface area contributed by atoms with E-state index in [1.807, 2.05) is 0 Å². The average molecular weight is 469 g/mol. The summed E-state index contributed by atoms with van der Waals surface area (Å²) in [5.41, 5.74) is -0.374. The van der Waals surface area contributed by atoms with E-state index in [-0.39, 0.29) is 28.3 Å². The van der Waals surface area contributed by atoms with Crippen molar-refractivity contribution in [3.63, 3.8) is 0 Å². The topological polar surface area (TPSA) is 105 Å². The molecular weight excluding hydrogens is 450 g/mol. The zero-order chi connectivity index (χ0) is 22.2. The Hall–Kier alpha value is -2.86. The summed E-state index contributed by atoms with van der Waals surface area (Å²) < 4.78 is 60.0. The molecule has 0 aliphatic carbocycles. The molecule has 1 N–H and O–H groups in total. The first-order valence-corrected chi connectivity index (χ1v) is 11.8. The van der Waals surface area contributed by atoms with Crippen molar-refractivity contribution in [3.8, 4) is 10.8 Å². The van der Waals surface area contributed by atoms with Gasteiger partial charge >= 0.3 is 11.8 Å². The minimum atomic E-state index is -4.16. The van der Waals surface area contributed by atoms with Crippen molar-refractivity contribution in [3.05, 3.63) is 46.7 Å². The Labute approximate surface area is 180 Å². The lowest BCUT2D eigenvalue weighted by molar-refractivity contribution is 0.0684. The van der Waals surface area contributed by atoms with Gasteiger partial charge in [-0.3, -0.25) is 9.52 Å². The van der Waals surface area contributed by atoms with E-state index < -0.39 is 21.7 Å². The summed E-state index contributed by atoms with van der Waals surface area (Å²) in [5.74, 6) is -2.34. The number of halogens is 2. The van der Waals surface area contributed by atoms with Crippen molar-refractivity contribution >= 4 is 33.0 Å². The van der Waals surface area contributed by atoms with Crippen LogP contribution < -0.4 is 4.72 Å². The van der Waals surface area contributed by atoms with Crippen LogP contribution in [-0.4, -0.2) is 42.5 Å². The van der Waals surface area contributed by atoms with Crippen LogP contribution >= 0.6 is 11.3 Å². The maximum atomic E-state index is 13.9. The van der Waals surface area contributed by atoms with E-state index in [2.05, 4.69) is 14.9 Å². The lowest BCUT2D eigenvalue weighted by Crippen LogP contribution is -2.35. The van der Waals surface area contributed by atoms with Gasteiger partial charge in [0.15, 0.2) is 0 Å². The Kier molecular flexibility index (Phi) is 5.75. The molecule has 3 aromatic rings. The molecule has 3 heterocycles. The van der Waals surface area contributed by atoms with Gasteiger partial charge in [0.1, 0.15) is 16.5 Å². The van der Waals surface area contributed by atoms with Crippen LogP contribution in [0.25, 0.3) is 10.8 Å². The fraction of sp³-hybridized carbons (Fsp3) is 0.316. The molecule has 0 saturated carbocycles. The Balaban J connectivity index is 1.57. The minimum Gasteiger partial charge on any atom is -0.411 e. The monoisotopic (exact) mass is 468 g/mol. The average Bonchev–Trinajstić information content (AvgIpc) is 3.37. The second-order valence-corrected chi connectivity index (χ2v) is 9.93. The SMILES string of the molecule is Cc1sc(-c2nnc(C(=O)N3CCCCC3)o2)cc1S(=O)(=O)Nc1ccc(F)cc1F. The second-order valence-electron chi connectivity index (χ2n) is 7.03.